The third-order valence-electron chi connectivity index (χ3n) is 4.33. The molecule has 2 aliphatic rings. The van der Waals surface area contributed by atoms with Gasteiger partial charge in [-0.1, -0.05) is 6.07 Å². The van der Waals surface area contributed by atoms with Gasteiger partial charge in [0.2, 0.25) is 15.9 Å². The molecular weight excluding hydrogens is 354 g/mol. The number of benzene rings is 1. The van der Waals surface area contributed by atoms with E-state index in [2.05, 4.69) is 0 Å². The third kappa shape index (κ3) is 3.43. The molecular formula is C15H22ClN3O4S. The zero-order chi connectivity index (χ0) is 16.6. The van der Waals surface area contributed by atoms with E-state index in [-0.39, 0.29) is 42.4 Å². The smallest absolute Gasteiger partial charge is 0.243 e. The second kappa shape index (κ2) is 7.37. The molecule has 0 spiro atoms. The van der Waals surface area contributed by atoms with E-state index in [0.717, 1.165) is 12.0 Å². The molecule has 0 aromatic heterocycles. The summed E-state index contributed by atoms with van der Waals surface area (Å²) >= 11 is 0. The first-order chi connectivity index (χ1) is 10.9. The van der Waals surface area contributed by atoms with Crippen LogP contribution in [0.15, 0.2) is 23.1 Å². The van der Waals surface area contributed by atoms with E-state index >= 15 is 0 Å². The lowest BCUT2D eigenvalue weighted by molar-refractivity contribution is -0.116. The summed E-state index contributed by atoms with van der Waals surface area (Å²) < 4.78 is 32.5. The molecule has 1 fully saturated rings. The third-order valence-corrected chi connectivity index (χ3v) is 6.20. The van der Waals surface area contributed by atoms with Crippen LogP contribution >= 0.6 is 12.4 Å². The predicted molar refractivity (Wildman–Crippen MR) is 93.0 cm³/mol. The first kappa shape index (κ1) is 19.1. The number of morpholine rings is 1. The number of nitrogens with zero attached hydrogens (tertiary/aromatic N) is 2. The number of carbonyl (C=O) groups is 1. The summed E-state index contributed by atoms with van der Waals surface area (Å²) in [5.41, 5.74) is 7.28. The van der Waals surface area contributed by atoms with Gasteiger partial charge in [0.05, 0.1) is 17.6 Å². The van der Waals surface area contributed by atoms with E-state index in [1.54, 1.807) is 23.1 Å². The Bertz CT molecular complexity index is 725. The molecule has 134 valence electrons. The average Bonchev–Trinajstić information content (AvgIpc) is 2.98. The zero-order valence-corrected chi connectivity index (χ0v) is 15.1. The van der Waals surface area contributed by atoms with Crippen LogP contribution in [0.25, 0.3) is 0 Å². The molecule has 2 N–H and O–H groups in total. The Hall–Kier alpha value is -1.19. The van der Waals surface area contributed by atoms with Gasteiger partial charge in [-0.2, -0.15) is 4.31 Å². The number of ether oxygens (including phenoxy) is 1. The summed E-state index contributed by atoms with van der Waals surface area (Å²) in [5, 5.41) is 0. The van der Waals surface area contributed by atoms with E-state index in [9.17, 15) is 13.2 Å². The van der Waals surface area contributed by atoms with E-state index in [1.165, 1.54) is 11.2 Å². The number of rotatable bonds is 3. The monoisotopic (exact) mass is 375 g/mol. The first-order valence-corrected chi connectivity index (χ1v) is 9.10. The molecule has 1 unspecified atom stereocenters. The van der Waals surface area contributed by atoms with Crippen molar-refractivity contribution in [1.29, 1.82) is 0 Å². The summed E-state index contributed by atoms with van der Waals surface area (Å²) in [4.78, 5) is 13.5. The SMILES string of the molecule is CC(=O)N1CCc2ccc(S(=O)(=O)N3CCOC(CN)C3)cc21.Cl. The number of hydrogen-bond acceptors (Lipinski definition) is 5. The van der Waals surface area contributed by atoms with Crippen LogP contribution in [-0.4, -0.2) is 57.5 Å². The van der Waals surface area contributed by atoms with Gasteiger partial charge in [-0.25, -0.2) is 8.42 Å². The number of hydrogen-bond donors (Lipinski definition) is 1. The fourth-order valence-corrected chi connectivity index (χ4v) is 4.52. The minimum absolute atomic E-state index is 0. The van der Waals surface area contributed by atoms with Crippen LogP contribution in [0.3, 0.4) is 0 Å². The van der Waals surface area contributed by atoms with Crippen LogP contribution in [0.5, 0.6) is 0 Å². The summed E-state index contributed by atoms with van der Waals surface area (Å²) in [6.07, 6.45) is 0.476. The molecule has 0 aliphatic carbocycles. The van der Waals surface area contributed by atoms with E-state index in [4.69, 9.17) is 10.5 Å². The molecule has 1 saturated heterocycles. The van der Waals surface area contributed by atoms with Gasteiger partial charge in [0.15, 0.2) is 0 Å². The lowest BCUT2D eigenvalue weighted by Crippen LogP contribution is -2.48. The number of halogens is 1. The van der Waals surface area contributed by atoms with E-state index < -0.39 is 10.0 Å². The van der Waals surface area contributed by atoms with Gasteiger partial charge in [-0.05, 0) is 24.1 Å². The van der Waals surface area contributed by atoms with Crippen LogP contribution in [0.2, 0.25) is 0 Å². The number of anilines is 1. The van der Waals surface area contributed by atoms with Crippen molar-refractivity contribution in [2.45, 2.75) is 24.3 Å². The maximum Gasteiger partial charge on any atom is 0.243 e. The molecule has 1 aromatic rings. The Balaban J connectivity index is 0.00000208. The molecule has 1 atom stereocenters. The Morgan fingerprint density at radius 3 is 2.79 bits per heavy atom. The Morgan fingerprint density at radius 2 is 2.12 bits per heavy atom. The second-order valence-electron chi connectivity index (χ2n) is 5.80. The van der Waals surface area contributed by atoms with Crippen molar-refractivity contribution >= 4 is 34.0 Å². The van der Waals surface area contributed by atoms with Crippen molar-refractivity contribution in [2.24, 2.45) is 5.73 Å². The van der Waals surface area contributed by atoms with E-state index in [0.29, 0.717) is 25.4 Å². The number of carbonyl (C=O) groups excluding carboxylic acids is 1. The van der Waals surface area contributed by atoms with Gasteiger partial charge < -0.3 is 15.4 Å². The highest BCUT2D eigenvalue weighted by molar-refractivity contribution is 7.89. The van der Waals surface area contributed by atoms with Crippen LogP contribution < -0.4 is 10.6 Å². The Labute approximate surface area is 148 Å². The minimum Gasteiger partial charge on any atom is -0.374 e. The van der Waals surface area contributed by atoms with Crippen LogP contribution in [-0.2, 0) is 26.0 Å². The van der Waals surface area contributed by atoms with Crippen LogP contribution in [0.4, 0.5) is 5.69 Å². The number of nitrogens with two attached hydrogens (primary N) is 1. The summed E-state index contributed by atoms with van der Waals surface area (Å²) in [6.45, 7) is 3.28. The van der Waals surface area contributed by atoms with Gasteiger partial charge >= 0.3 is 0 Å². The zero-order valence-electron chi connectivity index (χ0n) is 13.5. The predicted octanol–water partition coefficient (Wildman–Crippen LogP) is 0.366. The molecule has 0 bridgehead atoms. The standard InChI is InChI=1S/C15H21N3O4S.ClH/c1-11(19)18-5-4-12-2-3-14(8-15(12)18)23(20,21)17-6-7-22-13(9-16)10-17;/h2-3,8,13H,4-7,9-10,16H2,1H3;1H. The minimum atomic E-state index is -3.62. The summed E-state index contributed by atoms with van der Waals surface area (Å²) in [7, 11) is -3.62. The number of amides is 1. The fourth-order valence-electron chi connectivity index (χ4n) is 3.05. The molecule has 1 aromatic carbocycles. The topological polar surface area (TPSA) is 92.9 Å². The quantitative estimate of drug-likeness (QED) is 0.823. The highest BCUT2D eigenvalue weighted by atomic mass is 35.5. The lowest BCUT2D eigenvalue weighted by Gasteiger charge is -2.31. The molecule has 0 radical (unpaired) electrons. The van der Waals surface area contributed by atoms with Crippen molar-refractivity contribution in [1.82, 2.24) is 4.31 Å². The normalized spacial score (nSPS) is 21.2. The molecule has 3 rings (SSSR count). The maximum atomic E-state index is 12.9. The van der Waals surface area contributed by atoms with Crippen molar-refractivity contribution in [3.05, 3.63) is 23.8 Å². The van der Waals surface area contributed by atoms with Crippen molar-refractivity contribution in [2.75, 3.05) is 37.7 Å². The highest BCUT2D eigenvalue weighted by Crippen LogP contribution is 2.31. The Morgan fingerprint density at radius 1 is 1.38 bits per heavy atom. The largest absolute Gasteiger partial charge is 0.374 e. The van der Waals surface area contributed by atoms with Crippen LogP contribution in [0, 0.1) is 0 Å². The maximum absolute atomic E-state index is 12.9. The summed E-state index contributed by atoms with van der Waals surface area (Å²) in [5.74, 6) is -0.0760. The molecule has 7 nitrogen and oxygen atoms in total. The van der Waals surface area contributed by atoms with E-state index in [1.807, 2.05) is 0 Å². The van der Waals surface area contributed by atoms with Crippen molar-refractivity contribution in [3.63, 3.8) is 0 Å². The molecule has 1 amide bonds. The second-order valence-corrected chi connectivity index (χ2v) is 7.74. The fraction of sp³-hybridized carbons (Fsp3) is 0.533. The Kier molecular flexibility index (Phi) is 5.87. The van der Waals surface area contributed by atoms with Gasteiger partial charge in [-0.15, -0.1) is 12.4 Å². The van der Waals surface area contributed by atoms with Crippen molar-refractivity contribution in [3.8, 4) is 0 Å². The van der Waals surface area contributed by atoms with Gasteiger partial charge in [-0.3, -0.25) is 4.79 Å². The van der Waals surface area contributed by atoms with Crippen molar-refractivity contribution < 1.29 is 17.9 Å². The lowest BCUT2D eigenvalue weighted by atomic mass is 10.2. The van der Waals surface area contributed by atoms with Gasteiger partial charge in [0, 0.05) is 38.8 Å². The summed E-state index contributed by atoms with van der Waals surface area (Å²) in [6, 6.07) is 5.02. The van der Waals surface area contributed by atoms with Gasteiger partial charge in [0.25, 0.3) is 0 Å². The molecule has 2 heterocycles. The van der Waals surface area contributed by atoms with Crippen LogP contribution in [0.1, 0.15) is 12.5 Å². The number of fused-ring (bicyclic) bond motifs is 1. The number of sulfonamides is 1. The molecule has 0 saturated carbocycles. The average molecular weight is 376 g/mol. The van der Waals surface area contributed by atoms with Gasteiger partial charge in [0.1, 0.15) is 0 Å². The molecule has 9 heteroatoms. The first-order valence-electron chi connectivity index (χ1n) is 7.66. The highest BCUT2D eigenvalue weighted by Gasteiger charge is 2.32. The molecule has 24 heavy (non-hydrogen) atoms. The molecule has 2 aliphatic heterocycles.